The Labute approximate surface area is 269 Å². The number of ether oxygens (including phenoxy) is 4. The van der Waals surface area contributed by atoms with E-state index in [-0.39, 0.29) is 54.7 Å². The van der Waals surface area contributed by atoms with Gasteiger partial charge in [0.1, 0.15) is 6.10 Å². The van der Waals surface area contributed by atoms with Crippen LogP contribution in [0, 0.1) is 11.8 Å². The topological polar surface area (TPSA) is 115 Å². The van der Waals surface area contributed by atoms with Crippen LogP contribution in [0.3, 0.4) is 0 Å². The molecule has 10 nitrogen and oxygen atoms in total. The van der Waals surface area contributed by atoms with Crippen molar-refractivity contribution in [3.05, 3.63) is 36.0 Å². The minimum atomic E-state index is -0.402. The van der Waals surface area contributed by atoms with Crippen molar-refractivity contribution in [2.75, 3.05) is 39.8 Å². The lowest BCUT2D eigenvalue weighted by molar-refractivity contribution is -0.154. The number of esters is 2. The number of hydrogen-bond acceptors (Lipinski definition) is 8. The van der Waals surface area contributed by atoms with E-state index in [2.05, 4.69) is 42.7 Å². The molecule has 2 N–H and O–H groups in total. The molecule has 0 saturated carbocycles. The molecule has 4 aliphatic rings. The van der Waals surface area contributed by atoms with Crippen LogP contribution >= 0.6 is 0 Å². The number of rotatable bonds is 7. The minimum Gasteiger partial charge on any atom is -0.466 e. The number of unbranched alkanes of at least 4 members (excludes halogenated alkanes) is 2. The fourth-order valence-corrected chi connectivity index (χ4v) is 6.73. The number of nitrogens with one attached hydrogen (secondary N) is 2. The second kappa shape index (κ2) is 18.5. The highest BCUT2D eigenvalue weighted by Crippen LogP contribution is 2.33. The van der Waals surface area contributed by atoms with Gasteiger partial charge in [0.05, 0.1) is 37.9 Å². The molecule has 0 aromatic heterocycles. The molecule has 0 spiro atoms. The van der Waals surface area contributed by atoms with E-state index in [0.29, 0.717) is 25.3 Å². The molecule has 4 heterocycles. The summed E-state index contributed by atoms with van der Waals surface area (Å²) in [6.07, 6.45) is 18.2. The molecule has 0 aliphatic carbocycles. The molecular formula is C35H55N3O7. The average molecular weight is 630 g/mol. The van der Waals surface area contributed by atoms with Gasteiger partial charge < -0.3 is 34.5 Å². The molecule has 3 saturated heterocycles. The first-order chi connectivity index (χ1) is 21.8. The smallest absolute Gasteiger partial charge is 0.330 e. The van der Waals surface area contributed by atoms with E-state index < -0.39 is 6.10 Å². The third kappa shape index (κ3) is 12.2. The third-order valence-electron chi connectivity index (χ3n) is 9.21. The number of urea groups is 1. The summed E-state index contributed by atoms with van der Waals surface area (Å²) in [6.45, 7) is 8.11. The highest BCUT2D eigenvalue weighted by molar-refractivity contribution is 5.82. The van der Waals surface area contributed by atoms with Crippen LogP contribution < -0.4 is 10.6 Å². The quantitative estimate of drug-likeness (QED) is 0.178. The summed E-state index contributed by atoms with van der Waals surface area (Å²) < 4.78 is 23.9. The van der Waals surface area contributed by atoms with Crippen LogP contribution in [0.2, 0.25) is 0 Å². The zero-order chi connectivity index (χ0) is 32.0. The van der Waals surface area contributed by atoms with Crippen molar-refractivity contribution >= 4 is 18.0 Å². The molecule has 0 aromatic rings. The molecule has 4 rings (SSSR count). The fourth-order valence-electron chi connectivity index (χ4n) is 6.73. The Kier molecular flexibility index (Phi) is 14.4. The molecule has 4 bridgehead atoms. The van der Waals surface area contributed by atoms with Crippen molar-refractivity contribution < 1.29 is 33.3 Å². The molecule has 45 heavy (non-hydrogen) atoms. The lowest BCUT2D eigenvalue weighted by atomic mass is 9.89. The number of fused-ring (bicyclic) bond motifs is 4. The van der Waals surface area contributed by atoms with E-state index in [1.54, 1.807) is 6.08 Å². The second-order valence-corrected chi connectivity index (χ2v) is 13.2. The number of hydrogen-bond donors (Lipinski definition) is 2. The van der Waals surface area contributed by atoms with Crippen molar-refractivity contribution in [3.63, 3.8) is 0 Å². The zero-order valence-corrected chi connectivity index (χ0v) is 27.5. The van der Waals surface area contributed by atoms with Crippen LogP contribution in [0.15, 0.2) is 36.0 Å². The maximum absolute atomic E-state index is 13.3. The van der Waals surface area contributed by atoms with Gasteiger partial charge in [0.15, 0.2) is 0 Å². The summed E-state index contributed by atoms with van der Waals surface area (Å²) in [5.74, 6) is -0.359. The summed E-state index contributed by atoms with van der Waals surface area (Å²) in [5.41, 5.74) is 0.940. The van der Waals surface area contributed by atoms with Crippen LogP contribution in [0.1, 0.15) is 84.5 Å². The molecule has 7 unspecified atom stereocenters. The maximum atomic E-state index is 13.3. The van der Waals surface area contributed by atoms with E-state index in [1.807, 2.05) is 11.0 Å². The Morgan fingerprint density at radius 1 is 1.00 bits per heavy atom. The van der Waals surface area contributed by atoms with Gasteiger partial charge in [-0.15, -0.1) is 0 Å². The number of carbonyl (C=O) groups is 3. The summed E-state index contributed by atoms with van der Waals surface area (Å²) in [4.78, 5) is 39.5. The molecule has 4 aliphatic heterocycles. The highest BCUT2D eigenvalue weighted by Gasteiger charge is 2.33. The number of piperazine rings is 1. The standard InChI is InChI=1S/C35H55N3O7/c1-25-12-13-26(2)32(11-6-4-5-7-14-37-35(41)38-17-15-36-16-18-38)45-34(40)24-31-21-27(22-33(39)42-3)20-30(44-31)23-29-10-8-9-28(19-25)43-29/h6,11-13,22,25-26,28-32,36H,4-5,7-10,14-21,23-24H2,1-3H3,(H,37,41)/b11-6+,13-12+,27-22-. The van der Waals surface area contributed by atoms with Gasteiger partial charge in [0.25, 0.3) is 0 Å². The van der Waals surface area contributed by atoms with E-state index in [9.17, 15) is 14.4 Å². The zero-order valence-electron chi connectivity index (χ0n) is 27.5. The summed E-state index contributed by atoms with van der Waals surface area (Å²) >= 11 is 0. The normalized spacial score (nSPS) is 33.4. The Bertz CT molecular complexity index is 1050. The van der Waals surface area contributed by atoms with Gasteiger partial charge in [-0.05, 0) is 69.8 Å². The first-order valence-corrected chi connectivity index (χ1v) is 17.1. The summed E-state index contributed by atoms with van der Waals surface area (Å²) in [7, 11) is 1.38. The van der Waals surface area contributed by atoms with E-state index in [1.165, 1.54) is 7.11 Å². The Hall–Kier alpha value is -2.69. The lowest BCUT2D eigenvalue weighted by Crippen LogP contribution is -2.50. The van der Waals surface area contributed by atoms with E-state index in [4.69, 9.17) is 18.9 Å². The van der Waals surface area contributed by atoms with Crippen molar-refractivity contribution in [2.45, 2.75) is 115 Å². The molecule has 2 amide bonds. The van der Waals surface area contributed by atoms with Crippen LogP contribution in [-0.2, 0) is 28.5 Å². The van der Waals surface area contributed by atoms with Gasteiger partial charge in [-0.25, -0.2) is 9.59 Å². The number of amides is 2. The van der Waals surface area contributed by atoms with Gasteiger partial charge in [-0.3, -0.25) is 4.79 Å². The Morgan fingerprint density at radius 2 is 1.73 bits per heavy atom. The monoisotopic (exact) mass is 629 g/mol. The molecule has 3 fully saturated rings. The largest absolute Gasteiger partial charge is 0.466 e. The first-order valence-electron chi connectivity index (χ1n) is 17.1. The van der Waals surface area contributed by atoms with Crippen molar-refractivity contribution in [3.8, 4) is 0 Å². The minimum absolute atomic E-state index is 0.00583. The van der Waals surface area contributed by atoms with Gasteiger partial charge in [-0.1, -0.05) is 37.6 Å². The molecule has 7 atom stereocenters. The fraction of sp³-hybridized carbons (Fsp3) is 0.743. The first kappa shape index (κ1) is 35.2. The maximum Gasteiger partial charge on any atom is 0.330 e. The van der Waals surface area contributed by atoms with Crippen LogP contribution in [-0.4, -0.2) is 93.2 Å². The SMILES string of the molecule is COC(=O)/C=C1\CC2CC(=O)OC(/C=C/CCCCNC(=O)N3CCNCC3)C(C)/C=C/C(C)CC3CCCC(CC(C1)O2)O3. The predicted molar refractivity (Wildman–Crippen MR) is 173 cm³/mol. The van der Waals surface area contributed by atoms with Crippen molar-refractivity contribution in [1.82, 2.24) is 15.5 Å². The van der Waals surface area contributed by atoms with E-state index >= 15 is 0 Å². The lowest BCUT2D eigenvalue weighted by Gasteiger charge is -2.37. The number of cyclic esters (lactones) is 1. The number of carbonyl (C=O) groups excluding carboxylic acids is 3. The average Bonchev–Trinajstić information content (AvgIpc) is 3.02. The van der Waals surface area contributed by atoms with Crippen LogP contribution in [0.25, 0.3) is 0 Å². The van der Waals surface area contributed by atoms with Gasteiger partial charge >= 0.3 is 18.0 Å². The number of methoxy groups -OCH3 is 1. The molecule has 0 aromatic carbocycles. The van der Waals surface area contributed by atoms with Crippen molar-refractivity contribution in [2.24, 2.45) is 11.8 Å². The highest BCUT2D eigenvalue weighted by atomic mass is 16.6. The van der Waals surface area contributed by atoms with Crippen LogP contribution in [0.5, 0.6) is 0 Å². The second-order valence-electron chi connectivity index (χ2n) is 13.2. The van der Waals surface area contributed by atoms with Gasteiger partial charge in [0.2, 0.25) is 0 Å². The third-order valence-corrected chi connectivity index (χ3v) is 9.21. The van der Waals surface area contributed by atoms with Crippen LogP contribution in [0.4, 0.5) is 4.79 Å². The predicted octanol–water partition coefficient (Wildman–Crippen LogP) is 4.84. The Morgan fingerprint density at radius 3 is 2.51 bits per heavy atom. The molecule has 10 heteroatoms. The number of allylic oxidation sites excluding steroid dienone is 2. The number of nitrogens with zero attached hydrogens (tertiary/aromatic N) is 1. The van der Waals surface area contributed by atoms with Gasteiger partial charge in [-0.2, -0.15) is 0 Å². The molecular weight excluding hydrogens is 574 g/mol. The summed E-state index contributed by atoms with van der Waals surface area (Å²) in [5, 5.41) is 6.28. The Balaban J connectivity index is 1.37. The van der Waals surface area contributed by atoms with Crippen molar-refractivity contribution in [1.29, 1.82) is 0 Å². The molecule has 252 valence electrons. The van der Waals surface area contributed by atoms with E-state index in [0.717, 1.165) is 83.1 Å². The summed E-state index contributed by atoms with van der Waals surface area (Å²) in [6, 6.07) is 0.0101. The molecule has 0 radical (unpaired) electrons. The van der Waals surface area contributed by atoms with Gasteiger partial charge in [0, 0.05) is 51.1 Å².